The van der Waals surface area contributed by atoms with E-state index in [0.29, 0.717) is 21.8 Å². The third-order valence-electron chi connectivity index (χ3n) is 3.08. The van der Waals surface area contributed by atoms with Gasteiger partial charge in [0.2, 0.25) is 0 Å². The van der Waals surface area contributed by atoms with Crippen LogP contribution in [-0.2, 0) is 0 Å². The number of para-hydroxylation sites is 1. The number of nitriles is 1. The highest BCUT2D eigenvalue weighted by Gasteiger charge is 2.26. The van der Waals surface area contributed by atoms with Gasteiger partial charge in [0.05, 0.1) is 22.2 Å². The maximum absolute atomic E-state index is 11.5. The van der Waals surface area contributed by atoms with E-state index < -0.39 is 11.0 Å². The number of nitrogens with zero attached hydrogens (tertiary/aromatic N) is 3. The van der Waals surface area contributed by atoms with Crippen molar-refractivity contribution in [2.45, 2.75) is 6.92 Å². The van der Waals surface area contributed by atoms with Crippen molar-refractivity contribution < 1.29 is 14.8 Å². The zero-order chi connectivity index (χ0) is 17.0. The SMILES string of the molecule is Cc1cccc([N+](=O)[O-])c1N(Nc1ccc(C#N)cc1)C(=O)O. The van der Waals surface area contributed by atoms with Crippen molar-refractivity contribution in [1.29, 1.82) is 5.26 Å². The van der Waals surface area contributed by atoms with E-state index in [0.717, 1.165) is 0 Å². The van der Waals surface area contributed by atoms with Crippen molar-refractivity contribution in [3.8, 4) is 6.07 Å². The van der Waals surface area contributed by atoms with Gasteiger partial charge in [0.25, 0.3) is 5.69 Å². The van der Waals surface area contributed by atoms with E-state index in [-0.39, 0.29) is 11.4 Å². The predicted molar refractivity (Wildman–Crippen MR) is 83.1 cm³/mol. The Labute approximate surface area is 131 Å². The molecule has 2 rings (SSSR count). The van der Waals surface area contributed by atoms with Crippen LogP contribution >= 0.6 is 0 Å². The third kappa shape index (κ3) is 3.36. The molecule has 0 aliphatic heterocycles. The molecule has 1 amide bonds. The van der Waals surface area contributed by atoms with Crippen LogP contribution in [0.5, 0.6) is 0 Å². The molecule has 0 spiro atoms. The molecule has 0 saturated heterocycles. The fourth-order valence-corrected chi connectivity index (χ4v) is 2.03. The van der Waals surface area contributed by atoms with Crippen LogP contribution in [0.1, 0.15) is 11.1 Å². The second-order valence-corrected chi connectivity index (χ2v) is 4.62. The van der Waals surface area contributed by atoms with Crippen molar-refractivity contribution in [2.24, 2.45) is 0 Å². The molecule has 0 bridgehead atoms. The molecule has 0 atom stereocenters. The Kier molecular flexibility index (Phi) is 4.42. The first-order valence-electron chi connectivity index (χ1n) is 6.48. The number of carboxylic acid groups (broad SMARTS) is 1. The first kappa shape index (κ1) is 15.8. The highest BCUT2D eigenvalue weighted by molar-refractivity contribution is 5.92. The number of aryl methyl sites for hydroxylation is 1. The number of rotatable bonds is 4. The van der Waals surface area contributed by atoms with Gasteiger partial charge < -0.3 is 5.11 Å². The van der Waals surface area contributed by atoms with Crippen LogP contribution in [0.15, 0.2) is 42.5 Å². The normalized spacial score (nSPS) is 9.74. The number of hydrogen-bond donors (Lipinski definition) is 2. The van der Waals surface area contributed by atoms with Gasteiger partial charge in [-0.05, 0) is 36.8 Å². The number of nitro benzene ring substituents is 1. The molecule has 0 aliphatic carbocycles. The molecular formula is C15H12N4O4. The number of hydrogen-bond acceptors (Lipinski definition) is 5. The molecule has 2 aromatic carbocycles. The summed E-state index contributed by atoms with van der Waals surface area (Å²) in [4.78, 5) is 22.1. The van der Waals surface area contributed by atoms with Crippen LogP contribution in [0.25, 0.3) is 0 Å². The molecule has 2 N–H and O–H groups in total. The topological polar surface area (TPSA) is 120 Å². The van der Waals surface area contributed by atoms with Gasteiger partial charge in [-0.1, -0.05) is 12.1 Å². The number of nitrogens with one attached hydrogen (secondary N) is 1. The summed E-state index contributed by atoms with van der Waals surface area (Å²) < 4.78 is 0. The summed E-state index contributed by atoms with van der Waals surface area (Å²) >= 11 is 0. The van der Waals surface area contributed by atoms with E-state index in [4.69, 9.17) is 5.26 Å². The molecular weight excluding hydrogens is 300 g/mol. The molecule has 0 unspecified atom stereocenters. The van der Waals surface area contributed by atoms with Crippen molar-refractivity contribution in [2.75, 3.05) is 10.4 Å². The quantitative estimate of drug-likeness (QED) is 0.660. The second-order valence-electron chi connectivity index (χ2n) is 4.62. The maximum Gasteiger partial charge on any atom is 0.431 e. The van der Waals surface area contributed by atoms with Crippen LogP contribution in [0.4, 0.5) is 21.9 Å². The van der Waals surface area contributed by atoms with Crippen molar-refractivity contribution in [3.63, 3.8) is 0 Å². The smallest absolute Gasteiger partial charge is 0.431 e. The lowest BCUT2D eigenvalue weighted by molar-refractivity contribution is -0.384. The number of amides is 1. The Hall–Kier alpha value is -3.60. The van der Waals surface area contributed by atoms with Crippen molar-refractivity contribution in [3.05, 3.63) is 63.7 Å². The van der Waals surface area contributed by atoms with Gasteiger partial charge in [-0.25, -0.2) is 4.79 Å². The number of anilines is 2. The number of carbonyl (C=O) groups is 1. The van der Waals surface area contributed by atoms with Crippen LogP contribution in [0.2, 0.25) is 0 Å². The highest BCUT2D eigenvalue weighted by Crippen LogP contribution is 2.32. The van der Waals surface area contributed by atoms with Gasteiger partial charge in [-0.2, -0.15) is 10.3 Å². The lowest BCUT2D eigenvalue weighted by Gasteiger charge is -2.22. The molecule has 116 valence electrons. The molecule has 2 aromatic rings. The minimum absolute atomic E-state index is 0.0608. The fourth-order valence-electron chi connectivity index (χ4n) is 2.03. The largest absolute Gasteiger partial charge is 0.463 e. The van der Waals surface area contributed by atoms with Gasteiger partial charge in [0.15, 0.2) is 5.69 Å². The van der Waals surface area contributed by atoms with E-state index in [1.165, 1.54) is 36.4 Å². The Morgan fingerprint density at radius 1 is 1.30 bits per heavy atom. The summed E-state index contributed by atoms with van der Waals surface area (Å²) in [5.74, 6) is 0. The average Bonchev–Trinajstić information content (AvgIpc) is 2.53. The third-order valence-corrected chi connectivity index (χ3v) is 3.08. The average molecular weight is 312 g/mol. The van der Waals surface area contributed by atoms with Gasteiger partial charge in [0, 0.05) is 6.07 Å². The second kappa shape index (κ2) is 6.44. The van der Waals surface area contributed by atoms with Crippen LogP contribution in [0.3, 0.4) is 0 Å². The summed E-state index contributed by atoms with van der Waals surface area (Å²) in [7, 11) is 0. The van der Waals surface area contributed by atoms with Gasteiger partial charge in [-0.15, -0.1) is 0 Å². The van der Waals surface area contributed by atoms with E-state index in [2.05, 4.69) is 5.43 Å². The zero-order valence-electron chi connectivity index (χ0n) is 12.1. The fraction of sp³-hybridized carbons (Fsp3) is 0.0667. The molecule has 0 aromatic heterocycles. The highest BCUT2D eigenvalue weighted by atomic mass is 16.6. The lowest BCUT2D eigenvalue weighted by atomic mass is 10.1. The number of nitro groups is 1. The predicted octanol–water partition coefficient (Wildman–Crippen LogP) is 3.29. The molecule has 0 aliphatic rings. The molecule has 0 saturated carbocycles. The summed E-state index contributed by atoms with van der Waals surface area (Å²) in [5.41, 5.74) is 3.44. The van der Waals surface area contributed by atoms with Crippen molar-refractivity contribution >= 4 is 23.2 Å². The van der Waals surface area contributed by atoms with Crippen LogP contribution in [-0.4, -0.2) is 16.1 Å². The summed E-state index contributed by atoms with van der Waals surface area (Å²) in [5, 5.41) is 30.0. The Balaban J connectivity index is 2.45. The summed E-state index contributed by atoms with van der Waals surface area (Å²) in [6.45, 7) is 1.58. The van der Waals surface area contributed by atoms with Gasteiger partial charge in [0.1, 0.15) is 0 Å². The van der Waals surface area contributed by atoms with Gasteiger partial charge >= 0.3 is 6.09 Å². The molecule has 8 nitrogen and oxygen atoms in total. The minimum atomic E-state index is -1.40. The summed E-state index contributed by atoms with van der Waals surface area (Å²) in [6, 6.07) is 12.3. The Morgan fingerprint density at radius 3 is 2.48 bits per heavy atom. The first-order chi connectivity index (χ1) is 10.9. The maximum atomic E-state index is 11.5. The monoisotopic (exact) mass is 312 g/mol. The summed E-state index contributed by atoms with van der Waals surface area (Å²) in [6.07, 6.45) is -1.40. The van der Waals surface area contributed by atoms with E-state index >= 15 is 0 Å². The molecule has 8 heteroatoms. The number of hydrazine groups is 1. The molecule has 0 radical (unpaired) electrons. The lowest BCUT2D eigenvalue weighted by Crippen LogP contribution is -2.36. The van der Waals surface area contributed by atoms with Crippen LogP contribution < -0.4 is 10.4 Å². The number of benzene rings is 2. The van der Waals surface area contributed by atoms with E-state index in [9.17, 15) is 20.0 Å². The standard InChI is InChI=1S/C15H12N4O4/c1-10-3-2-4-13(19(22)23)14(10)18(15(20)21)17-12-7-5-11(9-16)6-8-12/h2-8,17H,1H3,(H,20,21). The van der Waals surface area contributed by atoms with E-state index in [1.54, 1.807) is 13.0 Å². The first-order valence-corrected chi connectivity index (χ1v) is 6.48. The van der Waals surface area contributed by atoms with Gasteiger partial charge in [-0.3, -0.25) is 15.5 Å². The molecule has 0 fully saturated rings. The zero-order valence-corrected chi connectivity index (χ0v) is 12.1. The van der Waals surface area contributed by atoms with Crippen LogP contribution in [0, 0.1) is 28.4 Å². The Morgan fingerprint density at radius 2 is 1.96 bits per heavy atom. The van der Waals surface area contributed by atoms with Crippen molar-refractivity contribution in [1.82, 2.24) is 0 Å². The van der Waals surface area contributed by atoms with E-state index in [1.807, 2.05) is 6.07 Å². The molecule has 23 heavy (non-hydrogen) atoms. The Bertz CT molecular complexity index is 796. The molecule has 0 heterocycles. The minimum Gasteiger partial charge on any atom is -0.463 e.